The van der Waals surface area contributed by atoms with Gasteiger partial charge in [-0.1, -0.05) is 49.2 Å². The number of guanidine groups is 2. The van der Waals surface area contributed by atoms with Crippen LogP contribution in [0.1, 0.15) is 46.5 Å². The maximum atomic E-state index is 13.6. The Morgan fingerprint density at radius 3 is 2.69 bits per heavy atom. The fourth-order valence-corrected chi connectivity index (χ4v) is 6.99. The molecule has 0 aromatic heterocycles. The van der Waals surface area contributed by atoms with Gasteiger partial charge in [-0.05, 0) is 36.1 Å². The van der Waals surface area contributed by atoms with E-state index in [1.54, 1.807) is 11.0 Å². The lowest BCUT2D eigenvalue weighted by atomic mass is 9.79. The van der Waals surface area contributed by atoms with E-state index in [1.165, 1.54) is 18.2 Å². The number of carbonyl (C=O) groups excluding carboxylic acids is 2. The van der Waals surface area contributed by atoms with Crippen molar-refractivity contribution in [3.63, 3.8) is 0 Å². The molecule has 0 bridgehead atoms. The van der Waals surface area contributed by atoms with Crippen LogP contribution in [-0.2, 0) is 5.41 Å². The summed E-state index contributed by atoms with van der Waals surface area (Å²) in [5, 5.41) is 21.4. The van der Waals surface area contributed by atoms with Crippen LogP contribution in [0.15, 0.2) is 41.4 Å². The minimum atomic E-state index is -1.22. The highest BCUT2D eigenvalue weighted by Crippen LogP contribution is 2.41. The van der Waals surface area contributed by atoms with Crippen molar-refractivity contribution in [1.29, 1.82) is 0 Å². The van der Waals surface area contributed by atoms with Crippen molar-refractivity contribution in [2.75, 3.05) is 19.7 Å². The summed E-state index contributed by atoms with van der Waals surface area (Å²) in [5.41, 5.74) is 12.9. The quantitative estimate of drug-likeness (QED) is 0.224. The molecule has 4 aliphatic heterocycles. The number of fused-ring (bicyclic) bond motifs is 1. The minimum absolute atomic E-state index is 0.0684. The van der Waals surface area contributed by atoms with Gasteiger partial charge in [-0.3, -0.25) is 20.3 Å². The number of aliphatic imine (C=N–C) groups is 1. The number of carbonyl (C=O) groups is 2. The fraction of sp³-hybridized carbons (Fsp3) is 0.429. The van der Waals surface area contributed by atoms with Crippen LogP contribution in [0.2, 0.25) is 10.0 Å². The van der Waals surface area contributed by atoms with Gasteiger partial charge in [-0.15, -0.1) is 0 Å². The molecule has 12 nitrogen and oxygen atoms in total. The number of amides is 2. The Bertz CT molecular complexity index is 1510. The number of rotatable bonds is 5. The predicted molar refractivity (Wildman–Crippen MR) is 158 cm³/mol. The van der Waals surface area contributed by atoms with Gasteiger partial charge in [0.05, 0.1) is 18.2 Å². The highest BCUT2D eigenvalue weighted by molar-refractivity contribution is 6.35. The molecule has 1 spiro atoms. The second-order valence-corrected chi connectivity index (χ2v) is 12.6. The summed E-state index contributed by atoms with van der Waals surface area (Å²) >= 11 is 12.1. The number of hydrogen-bond donors (Lipinski definition) is 7. The Morgan fingerprint density at radius 2 is 1.95 bits per heavy atom. The number of nitrogens with zero attached hydrogens (tertiary/aromatic N) is 2. The Morgan fingerprint density at radius 1 is 1.21 bits per heavy atom. The Labute approximate surface area is 252 Å². The molecule has 1 saturated heterocycles. The molecule has 6 rings (SSSR count). The smallest absolute Gasteiger partial charge is 0.343 e. The van der Waals surface area contributed by atoms with E-state index in [9.17, 15) is 14.7 Å². The summed E-state index contributed by atoms with van der Waals surface area (Å²) in [7, 11) is 0. The topological polar surface area (TPSA) is 181 Å². The first kappa shape index (κ1) is 28.4. The van der Waals surface area contributed by atoms with Crippen LogP contribution in [-0.4, -0.2) is 83.3 Å². The highest BCUT2D eigenvalue weighted by Gasteiger charge is 2.68. The molecule has 14 heteroatoms. The van der Waals surface area contributed by atoms with Crippen molar-refractivity contribution in [2.24, 2.45) is 16.5 Å². The second kappa shape index (κ2) is 10.2. The zero-order valence-corrected chi connectivity index (χ0v) is 24.6. The Kier molecular flexibility index (Phi) is 6.90. The number of para-hydroxylation sites is 1. The van der Waals surface area contributed by atoms with Gasteiger partial charge in [-0.2, -0.15) is 0 Å². The number of benzene rings is 2. The number of halogens is 2. The number of hydrogen-bond acceptors (Lipinski definition) is 9. The van der Waals surface area contributed by atoms with Gasteiger partial charge in [-0.25, -0.2) is 10.3 Å². The van der Waals surface area contributed by atoms with Crippen LogP contribution >= 0.6 is 23.2 Å². The van der Waals surface area contributed by atoms with Crippen molar-refractivity contribution in [2.45, 2.75) is 55.6 Å². The lowest BCUT2D eigenvalue weighted by molar-refractivity contribution is -0.513. The summed E-state index contributed by atoms with van der Waals surface area (Å²) in [4.78, 5) is 35.9. The molecule has 1 fully saturated rings. The van der Waals surface area contributed by atoms with E-state index in [2.05, 4.69) is 39.8 Å². The fourth-order valence-electron chi connectivity index (χ4n) is 6.47. The first-order valence-corrected chi connectivity index (χ1v) is 14.4. The molecular formula is C28H33Cl2N8O4+. The number of aliphatic hydroxyl groups is 1. The third-order valence-electron chi connectivity index (χ3n) is 8.61. The summed E-state index contributed by atoms with van der Waals surface area (Å²) < 4.78 is 5.94. The summed E-state index contributed by atoms with van der Waals surface area (Å²) in [6.07, 6.45) is -0.314. The molecule has 2 amide bonds. The third-order valence-corrected chi connectivity index (χ3v) is 9.05. The number of nitrogens with one attached hydrogen (secondary N) is 4. The molecule has 9 N–H and O–H groups in total. The standard InChI is InChI=1S/C28H32Cl2N8O4/c1-27(2)6-7-42-20-16(4-3-5-17(20)27)24(41)34-19-12-38-26(32)35-18(21-28(38,22(19)39)37-25(31)36-21)11-33-23(40)13-8-14(29)10-15(30)9-13/h3-5,8-10,18-19,21-22,39H,6-7,11-12H2,1-2H3,(H2,32,35)(H,33,40)(H,34,41)(H3,31,36,37)/p+1/t18-,19?,21?,22+,28?/m0/s1. The first-order valence-electron chi connectivity index (χ1n) is 13.7. The van der Waals surface area contributed by atoms with Crippen molar-refractivity contribution < 1.29 is 24.4 Å². The van der Waals surface area contributed by atoms with Gasteiger partial charge in [0.1, 0.15) is 17.9 Å². The first-order chi connectivity index (χ1) is 19.9. The third kappa shape index (κ3) is 4.58. The molecule has 0 saturated carbocycles. The molecule has 5 atom stereocenters. The van der Waals surface area contributed by atoms with Crippen LogP contribution in [0.3, 0.4) is 0 Å². The van der Waals surface area contributed by atoms with Gasteiger partial charge in [0.25, 0.3) is 11.8 Å². The van der Waals surface area contributed by atoms with E-state index >= 15 is 0 Å². The summed E-state index contributed by atoms with van der Waals surface area (Å²) in [6, 6.07) is 8.14. The number of aliphatic hydroxyl groups excluding tert-OH is 1. The van der Waals surface area contributed by atoms with Crippen LogP contribution < -0.4 is 37.1 Å². The summed E-state index contributed by atoms with van der Waals surface area (Å²) in [5.74, 6) is 0.138. The zero-order valence-electron chi connectivity index (χ0n) is 23.1. The Hall–Kier alpha value is -3.74. The molecule has 3 unspecified atom stereocenters. The van der Waals surface area contributed by atoms with Crippen LogP contribution in [0.5, 0.6) is 5.75 Å². The molecule has 2 aromatic carbocycles. The minimum Gasteiger partial charge on any atom is -0.492 e. The van der Waals surface area contributed by atoms with E-state index in [0.717, 1.165) is 12.0 Å². The monoisotopic (exact) mass is 615 g/mol. The van der Waals surface area contributed by atoms with Gasteiger partial charge < -0.3 is 31.1 Å². The summed E-state index contributed by atoms with van der Waals surface area (Å²) in [6.45, 7) is 4.99. The van der Waals surface area contributed by atoms with Crippen molar-refractivity contribution in [3.05, 3.63) is 63.1 Å². The number of nitrogens with two attached hydrogens (primary N) is 2. The van der Waals surface area contributed by atoms with Crippen LogP contribution in [0, 0.1) is 0 Å². The van der Waals surface area contributed by atoms with E-state index in [-0.39, 0.29) is 36.3 Å². The highest BCUT2D eigenvalue weighted by atomic mass is 35.5. The maximum Gasteiger partial charge on any atom is 0.343 e. The van der Waals surface area contributed by atoms with E-state index < -0.39 is 35.8 Å². The number of ether oxygens (including phenoxy) is 1. The molecule has 4 aliphatic rings. The molecule has 0 aliphatic carbocycles. The predicted octanol–water partition coefficient (Wildman–Crippen LogP) is -0.981. The average molecular weight is 617 g/mol. The maximum absolute atomic E-state index is 13.6. The normalized spacial score (nSPS) is 28.7. The van der Waals surface area contributed by atoms with Gasteiger partial charge in [0.2, 0.25) is 5.66 Å². The largest absolute Gasteiger partial charge is 0.492 e. The second-order valence-electron chi connectivity index (χ2n) is 11.7. The molecule has 42 heavy (non-hydrogen) atoms. The van der Waals surface area contributed by atoms with Crippen molar-refractivity contribution in [3.8, 4) is 5.75 Å². The van der Waals surface area contributed by atoms with Crippen molar-refractivity contribution >= 4 is 46.9 Å². The van der Waals surface area contributed by atoms with Gasteiger partial charge in [0, 0.05) is 34.3 Å². The zero-order chi connectivity index (χ0) is 30.0. The van der Waals surface area contributed by atoms with Crippen LogP contribution in [0.4, 0.5) is 0 Å². The van der Waals surface area contributed by atoms with E-state index in [4.69, 9.17) is 39.4 Å². The van der Waals surface area contributed by atoms with Gasteiger partial charge in [0.15, 0.2) is 12.0 Å². The van der Waals surface area contributed by atoms with Crippen LogP contribution in [0.25, 0.3) is 0 Å². The van der Waals surface area contributed by atoms with Crippen molar-refractivity contribution in [1.82, 2.24) is 20.9 Å². The molecule has 0 radical (unpaired) electrons. The Balaban J connectivity index is 1.23. The SMILES string of the molecule is CC1(C)CCOc2c(C(=O)NC3CN4C(N)=N[C@@H](CNC(=O)c5cc(Cl)cc(Cl)c5)C5[NH+]=C(N)NC54[C@@H]3O)cccc21. The van der Waals surface area contributed by atoms with Gasteiger partial charge >= 0.3 is 5.96 Å². The average Bonchev–Trinajstić information content (AvgIpc) is 3.42. The van der Waals surface area contributed by atoms with E-state index in [1.807, 2.05) is 12.1 Å². The lowest BCUT2D eigenvalue weighted by Crippen LogP contribution is -2.88. The van der Waals surface area contributed by atoms with E-state index in [0.29, 0.717) is 33.5 Å². The molecule has 4 heterocycles. The lowest BCUT2D eigenvalue weighted by Gasteiger charge is -2.43. The molecule has 2 aromatic rings. The molecular weight excluding hydrogens is 583 g/mol. The molecule has 222 valence electrons.